The Balaban J connectivity index is 2.40. The predicted octanol–water partition coefficient (Wildman–Crippen LogP) is 2.16. The average molecular weight is 392 g/mol. The zero-order chi connectivity index (χ0) is 20.9. The lowest BCUT2D eigenvalue weighted by Crippen LogP contribution is -2.48. The fourth-order valence-corrected chi connectivity index (χ4v) is 2.93. The lowest BCUT2D eigenvalue weighted by molar-refractivity contribution is -0.130. The number of amides is 3. The van der Waals surface area contributed by atoms with Crippen LogP contribution in [0.15, 0.2) is 24.3 Å². The van der Waals surface area contributed by atoms with Gasteiger partial charge >= 0.3 is 0 Å². The van der Waals surface area contributed by atoms with Crippen molar-refractivity contribution >= 4 is 17.7 Å². The Morgan fingerprint density at radius 1 is 1.00 bits per heavy atom. The van der Waals surface area contributed by atoms with Crippen LogP contribution in [0.25, 0.3) is 0 Å². The Morgan fingerprint density at radius 3 is 2.25 bits per heavy atom. The van der Waals surface area contributed by atoms with Gasteiger partial charge in [0.15, 0.2) is 0 Å². The van der Waals surface area contributed by atoms with Gasteiger partial charge < -0.3 is 21.5 Å². The highest BCUT2D eigenvalue weighted by Crippen LogP contribution is 2.11. The first-order valence-electron chi connectivity index (χ1n) is 9.97. The monoisotopic (exact) mass is 391 g/mol. The molecule has 1 aromatic rings. The van der Waals surface area contributed by atoms with E-state index in [1.54, 1.807) is 24.3 Å². The number of aromatic hydroxyl groups is 1. The second-order valence-electron chi connectivity index (χ2n) is 7.23. The molecule has 0 fully saturated rings. The van der Waals surface area contributed by atoms with Gasteiger partial charge in [0.2, 0.25) is 17.7 Å². The topological polar surface area (TPSA) is 122 Å². The van der Waals surface area contributed by atoms with Gasteiger partial charge in [-0.15, -0.1) is 0 Å². The number of benzene rings is 1. The van der Waals surface area contributed by atoms with Gasteiger partial charge in [-0.1, -0.05) is 44.7 Å². The second-order valence-corrected chi connectivity index (χ2v) is 7.23. The molecule has 1 rings (SSSR count). The normalized spacial score (nSPS) is 12.8. The summed E-state index contributed by atoms with van der Waals surface area (Å²) in [5, 5.41) is 14.7. The molecule has 0 saturated carbocycles. The largest absolute Gasteiger partial charge is 0.508 e. The molecular formula is C21H33N3O4. The Bertz CT molecular complexity index is 631. The average Bonchev–Trinajstić information content (AvgIpc) is 2.62. The summed E-state index contributed by atoms with van der Waals surface area (Å²) in [6, 6.07) is 5.56. The summed E-state index contributed by atoms with van der Waals surface area (Å²) in [4.78, 5) is 35.8. The fraction of sp³-hybridized carbons (Fsp3) is 0.571. The van der Waals surface area contributed by atoms with Crippen molar-refractivity contribution < 1.29 is 19.5 Å². The van der Waals surface area contributed by atoms with Gasteiger partial charge in [-0.25, -0.2) is 0 Å². The molecular weight excluding hydrogens is 358 g/mol. The van der Waals surface area contributed by atoms with E-state index in [4.69, 9.17) is 5.73 Å². The molecule has 28 heavy (non-hydrogen) atoms. The minimum absolute atomic E-state index is 0.167. The van der Waals surface area contributed by atoms with Crippen LogP contribution in [0.1, 0.15) is 64.4 Å². The zero-order valence-electron chi connectivity index (χ0n) is 16.9. The van der Waals surface area contributed by atoms with Crippen LogP contribution >= 0.6 is 0 Å². The first-order valence-corrected chi connectivity index (χ1v) is 9.97. The molecule has 0 bridgehead atoms. The first-order chi connectivity index (χ1) is 13.3. The molecule has 0 aliphatic heterocycles. The molecule has 7 nitrogen and oxygen atoms in total. The standard InChI is InChI=1S/C21H33N3O4/c1-3-4-5-6-7-8-19(26)24-18(21(22)28)14-20(27)23-15(2)13-16-9-11-17(25)12-10-16/h9-12,15,18,25H,3-8,13-14H2,1-2H3,(H2,22,28)(H,23,27)(H,24,26)/t15-,18-/m1/s1. The summed E-state index contributed by atoms with van der Waals surface area (Å²) < 4.78 is 0. The number of phenolic OH excluding ortho intramolecular Hbond substituents is 1. The maximum absolute atomic E-state index is 12.2. The lowest BCUT2D eigenvalue weighted by atomic mass is 10.1. The molecule has 0 aliphatic carbocycles. The second kappa shape index (κ2) is 12.8. The molecule has 0 unspecified atom stereocenters. The van der Waals surface area contributed by atoms with E-state index in [0.29, 0.717) is 12.8 Å². The SMILES string of the molecule is CCCCCCCC(=O)N[C@H](CC(=O)N[C@H](C)Cc1ccc(O)cc1)C(N)=O. The van der Waals surface area contributed by atoms with Gasteiger partial charge in [-0.3, -0.25) is 14.4 Å². The molecule has 0 heterocycles. The number of hydrogen-bond acceptors (Lipinski definition) is 4. The van der Waals surface area contributed by atoms with E-state index >= 15 is 0 Å². The van der Waals surface area contributed by atoms with Crippen LogP contribution in [0, 0.1) is 0 Å². The Hall–Kier alpha value is -2.57. The van der Waals surface area contributed by atoms with Gasteiger partial charge in [0, 0.05) is 12.5 Å². The van der Waals surface area contributed by atoms with E-state index in [2.05, 4.69) is 17.6 Å². The maximum atomic E-state index is 12.2. The summed E-state index contributed by atoms with van der Waals surface area (Å²) in [6.45, 7) is 3.97. The van der Waals surface area contributed by atoms with Crippen molar-refractivity contribution in [3.63, 3.8) is 0 Å². The van der Waals surface area contributed by atoms with Crippen molar-refractivity contribution in [2.24, 2.45) is 5.73 Å². The van der Waals surface area contributed by atoms with Gasteiger partial charge in [0.25, 0.3) is 0 Å². The molecule has 2 atom stereocenters. The number of unbranched alkanes of at least 4 members (excludes halogenated alkanes) is 4. The van der Waals surface area contributed by atoms with Crippen molar-refractivity contribution in [3.8, 4) is 5.75 Å². The Kier molecular flexibility index (Phi) is 10.7. The highest BCUT2D eigenvalue weighted by molar-refractivity contribution is 5.91. The number of phenols is 1. The lowest BCUT2D eigenvalue weighted by Gasteiger charge is -2.18. The van der Waals surface area contributed by atoms with Gasteiger partial charge in [-0.05, 0) is 37.5 Å². The van der Waals surface area contributed by atoms with E-state index in [1.165, 1.54) is 0 Å². The summed E-state index contributed by atoms with van der Waals surface area (Å²) in [7, 11) is 0. The number of nitrogens with one attached hydrogen (secondary N) is 2. The summed E-state index contributed by atoms with van der Waals surface area (Å²) in [5.74, 6) is -1.14. The van der Waals surface area contributed by atoms with E-state index in [-0.39, 0.29) is 30.0 Å². The van der Waals surface area contributed by atoms with Gasteiger partial charge in [-0.2, -0.15) is 0 Å². The van der Waals surface area contributed by atoms with Crippen LogP contribution in [0.5, 0.6) is 5.75 Å². The molecule has 0 radical (unpaired) electrons. The van der Waals surface area contributed by atoms with E-state index in [9.17, 15) is 19.5 Å². The molecule has 7 heteroatoms. The highest BCUT2D eigenvalue weighted by atomic mass is 16.3. The smallest absolute Gasteiger partial charge is 0.240 e. The molecule has 0 saturated heterocycles. The maximum Gasteiger partial charge on any atom is 0.240 e. The van der Waals surface area contributed by atoms with E-state index in [1.807, 2.05) is 6.92 Å². The third kappa shape index (κ3) is 9.94. The number of carbonyl (C=O) groups excluding carboxylic acids is 3. The molecule has 1 aromatic carbocycles. The van der Waals surface area contributed by atoms with Crippen molar-refractivity contribution in [1.82, 2.24) is 10.6 Å². The number of nitrogens with two attached hydrogens (primary N) is 1. The third-order valence-corrected chi connectivity index (χ3v) is 4.46. The number of hydrogen-bond donors (Lipinski definition) is 4. The van der Waals surface area contributed by atoms with Gasteiger partial charge in [0.1, 0.15) is 11.8 Å². The highest BCUT2D eigenvalue weighted by Gasteiger charge is 2.22. The number of carbonyl (C=O) groups is 3. The van der Waals surface area contributed by atoms with Crippen LogP contribution in [0.4, 0.5) is 0 Å². The fourth-order valence-electron chi connectivity index (χ4n) is 2.93. The summed E-state index contributed by atoms with van der Waals surface area (Å²) >= 11 is 0. The van der Waals surface area contributed by atoms with Crippen molar-refractivity contribution in [2.45, 2.75) is 77.3 Å². The number of rotatable bonds is 13. The molecule has 5 N–H and O–H groups in total. The molecule has 3 amide bonds. The van der Waals surface area contributed by atoms with Gasteiger partial charge in [0.05, 0.1) is 6.42 Å². The number of primary amides is 1. The Morgan fingerprint density at radius 2 is 1.64 bits per heavy atom. The van der Waals surface area contributed by atoms with Crippen molar-refractivity contribution in [3.05, 3.63) is 29.8 Å². The third-order valence-electron chi connectivity index (χ3n) is 4.46. The van der Waals surface area contributed by atoms with E-state index in [0.717, 1.165) is 37.7 Å². The minimum Gasteiger partial charge on any atom is -0.508 e. The molecule has 0 aliphatic rings. The van der Waals surface area contributed by atoms with Crippen molar-refractivity contribution in [1.29, 1.82) is 0 Å². The minimum atomic E-state index is -1.01. The van der Waals surface area contributed by atoms with Crippen LogP contribution in [-0.2, 0) is 20.8 Å². The quantitative estimate of drug-likeness (QED) is 0.385. The van der Waals surface area contributed by atoms with Crippen LogP contribution < -0.4 is 16.4 Å². The summed E-state index contributed by atoms with van der Waals surface area (Å²) in [5.41, 5.74) is 6.31. The van der Waals surface area contributed by atoms with Crippen molar-refractivity contribution in [2.75, 3.05) is 0 Å². The van der Waals surface area contributed by atoms with Crippen LogP contribution in [-0.4, -0.2) is 34.9 Å². The first kappa shape index (κ1) is 23.5. The zero-order valence-corrected chi connectivity index (χ0v) is 16.9. The molecule has 156 valence electrons. The van der Waals surface area contributed by atoms with Crippen LogP contribution in [0.3, 0.4) is 0 Å². The Labute approximate surface area is 167 Å². The molecule has 0 aromatic heterocycles. The van der Waals surface area contributed by atoms with Crippen LogP contribution in [0.2, 0.25) is 0 Å². The van der Waals surface area contributed by atoms with E-state index < -0.39 is 11.9 Å². The molecule has 0 spiro atoms. The summed E-state index contributed by atoms with van der Waals surface area (Å²) in [6.07, 6.45) is 5.82. The predicted molar refractivity (Wildman–Crippen MR) is 109 cm³/mol.